The first kappa shape index (κ1) is 9.00. The number of H-pyrrole nitrogens is 1. The van der Waals surface area contributed by atoms with Gasteiger partial charge in [0.1, 0.15) is 0 Å². The van der Waals surface area contributed by atoms with Crippen molar-refractivity contribution in [2.45, 2.75) is 19.8 Å². The fraction of sp³-hybridized carbons (Fsp3) is 0.250. The third kappa shape index (κ3) is 1.55. The second kappa shape index (κ2) is 3.29. The summed E-state index contributed by atoms with van der Waals surface area (Å²) in [6.45, 7) is 4.29. The molecule has 1 N–H and O–H groups in total. The summed E-state index contributed by atoms with van der Waals surface area (Å²) < 4.78 is 0. The summed E-state index contributed by atoms with van der Waals surface area (Å²) in [4.78, 5) is 13.8. The molecule has 0 aliphatic carbocycles. The molecule has 0 amide bonds. The number of aromatic amines is 1. The molecule has 0 aliphatic rings. The Bertz CT molecular complexity index is 511. The van der Waals surface area contributed by atoms with Crippen LogP contribution in [0.4, 0.5) is 0 Å². The van der Waals surface area contributed by atoms with Crippen LogP contribution in [0.15, 0.2) is 35.3 Å². The van der Waals surface area contributed by atoms with Gasteiger partial charge in [-0.2, -0.15) is 0 Å². The zero-order valence-electron chi connectivity index (χ0n) is 8.37. The zero-order valence-corrected chi connectivity index (χ0v) is 8.37. The Morgan fingerprint density at radius 3 is 2.64 bits per heavy atom. The summed E-state index contributed by atoms with van der Waals surface area (Å²) in [5, 5.41) is 2.09. The molecule has 2 heteroatoms. The van der Waals surface area contributed by atoms with E-state index in [9.17, 15) is 4.79 Å². The highest BCUT2D eigenvalue weighted by Crippen LogP contribution is 2.19. The molecule has 0 atom stereocenters. The molecule has 14 heavy (non-hydrogen) atoms. The molecule has 0 fully saturated rings. The highest BCUT2D eigenvalue weighted by Gasteiger charge is 2.00. The summed E-state index contributed by atoms with van der Waals surface area (Å²) in [6, 6.07) is 7.86. The SMILES string of the molecule is CC(C)c1ccc2c[nH]c(=O)cc2c1. The van der Waals surface area contributed by atoms with Gasteiger partial charge in [0.25, 0.3) is 0 Å². The Morgan fingerprint density at radius 2 is 1.93 bits per heavy atom. The van der Waals surface area contributed by atoms with Crippen molar-refractivity contribution in [1.29, 1.82) is 0 Å². The number of fused-ring (bicyclic) bond motifs is 1. The van der Waals surface area contributed by atoms with Crippen molar-refractivity contribution in [2.75, 3.05) is 0 Å². The number of pyridine rings is 1. The number of benzene rings is 1. The fourth-order valence-corrected chi connectivity index (χ4v) is 1.54. The van der Waals surface area contributed by atoms with E-state index in [1.54, 1.807) is 12.3 Å². The summed E-state index contributed by atoms with van der Waals surface area (Å²) in [5.74, 6) is 0.499. The van der Waals surface area contributed by atoms with Gasteiger partial charge in [-0.15, -0.1) is 0 Å². The first-order valence-electron chi connectivity index (χ1n) is 4.79. The van der Waals surface area contributed by atoms with E-state index in [-0.39, 0.29) is 5.56 Å². The molecule has 2 nitrogen and oxygen atoms in total. The van der Waals surface area contributed by atoms with Gasteiger partial charge in [-0.05, 0) is 22.3 Å². The van der Waals surface area contributed by atoms with E-state index < -0.39 is 0 Å². The second-order valence-electron chi connectivity index (χ2n) is 3.84. The molecule has 0 saturated carbocycles. The van der Waals surface area contributed by atoms with Gasteiger partial charge in [-0.3, -0.25) is 4.79 Å². The largest absolute Gasteiger partial charge is 0.328 e. The van der Waals surface area contributed by atoms with Crippen LogP contribution in [0.2, 0.25) is 0 Å². The topological polar surface area (TPSA) is 32.9 Å². The maximum Gasteiger partial charge on any atom is 0.248 e. The van der Waals surface area contributed by atoms with Crippen LogP contribution in [-0.2, 0) is 0 Å². The van der Waals surface area contributed by atoms with Gasteiger partial charge in [0.15, 0.2) is 0 Å². The minimum absolute atomic E-state index is 0.0431. The van der Waals surface area contributed by atoms with E-state index in [1.807, 2.05) is 6.07 Å². The Kier molecular flexibility index (Phi) is 2.12. The molecule has 0 bridgehead atoms. The molecule has 1 heterocycles. The molecule has 0 saturated heterocycles. The Balaban J connectivity index is 2.69. The van der Waals surface area contributed by atoms with Crippen LogP contribution in [0.3, 0.4) is 0 Å². The molecule has 0 unspecified atom stereocenters. The fourth-order valence-electron chi connectivity index (χ4n) is 1.54. The third-order valence-electron chi connectivity index (χ3n) is 2.43. The van der Waals surface area contributed by atoms with Crippen molar-refractivity contribution in [3.63, 3.8) is 0 Å². The van der Waals surface area contributed by atoms with Gasteiger partial charge in [-0.1, -0.05) is 32.0 Å². The Hall–Kier alpha value is -1.57. The molecule has 1 aromatic carbocycles. The van der Waals surface area contributed by atoms with Crippen LogP contribution in [-0.4, -0.2) is 4.98 Å². The van der Waals surface area contributed by atoms with Gasteiger partial charge in [0.05, 0.1) is 0 Å². The summed E-state index contributed by atoms with van der Waals surface area (Å²) in [5.41, 5.74) is 1.22. The van der Waals surface area contributed by atoms with Gasteiger partial charge in [0.2, 0.25) is 5.56 Å². The van der Waals surface area contributed by atoms with Gasteiger partial charge >= 0.3 is 0 Å². The predicted molar refractivity (Wildman–Crippen MR) is 58.7 cm³/mol. The smallest absolute Gasteiger partial charge is 0.248 e. The maximum atomic E-state index is 11.1. The van der Waals surface area contributed by atoms with Crippen molar-refractivity contribution in [1.82, 2.24) is 4.98 Å². The van der Waals surface area contributed by atoms with Gasteiger partial charge in [-0.25, -0.2) is 0 Å². The van der Waals surface area contributed by atoms with Gasteiger partial charge in [0, 0.05) is 12.3 Å². The normalized spacial score (nSPS) is 11.1. The molecule has 2 rings (SSSR count). The lowest BCUT2D eigenvalue weighted by molar-refractivity contribution is 0.868. The van der Waals surface area contributed by atoms with Crippen LogP contribution >= 0.6 is 0 Å². The van der Waals surface area contributed by atoms with Gasteiger partial charge < -0.3 is 4.98 Å². The van der Waals surface area contributed by atoms with Crippen LogP contribution in [0.5, 0.6) is 0 Å². The quantitative estimate of drug-likeness (QED) is 0.731. The lowest BCUT2D eigenvalue weighted by Crippen LogP contribution is -2.01. The predicted octanol–water partition coefficient (Wildman–Crippen LogP) is 2.65. The Labute approximate surface area is 82.6 Å². The molecular weight excluding hydrogens is 174 g/mol. The minimum Gasteiger partial charge on any atom is -0.328 e. The highest BCUT2D eigenvalue weighted by atomic mass is 16.1. The number of rotatable bonds is 1. The molecule has 0 aliphatic heterocycles. The zero-order chi connectivity index (χ0) is 10.1. The number of aromatic nitrogens is 1. The number of hydrogen-bond donors (Lipinski definition) is 1. The van der Waals surface area contributed by atoms with Crippen molar-refractivity contribution < 1.29 is 0 Å². The van der Waals surface area contributed by atoms with E-state index in [2.05, 4.69) is 31.0 Å². The standard InChI is InChI=1S/C12H13NO/c1-8(2)9-3-4-10-7-13-12(14)6-11(10)5-9/h3-8H,1-2H3,(H,13,14). The second-order valence-corrected chi connectivity index (χ2v) is 3.84. The van der Waals surface area contributed by atoms with Crippen LogP contribution < -0.4 is 5.56 Å². The third-order valence-corrected chi connectivity index (χ3v) is 2.43. The monoisotopic (exact) mass is 187 g/mol. The van der Waals surface area contributed by atoms with Crippen molar-refractivity contribution in [3.8, 4) is 0 Å². The van der Waals surface area contributed by atoms with E-state index in [0.717, 1.165) is 10.8 Å². The molecule has 72 valence electrons. The van der Waals surface area contributed by atoms with E-state index in [1.165, 1.54) is 5.56 Å². The van der Waals surface area contributed by atoms with Crippen molar-refractivity contribution in [3.05, 3.63) is 46.4 Å². The molecule has 0 spiro atoms. The highest BCUT2D eigenvalue weighted by molar-refractivity contribution is 5.82. The lowest BCUT2D eigenvalue weighted by atomic mass is 10.0. The first-order chi connectivity index (χ1) is 6.66. The lowest BCUT2D eigenvalue weighted by Gasteiger charge is -2.05. The van der Waals surface area contributed by atoms with E-state index in [4.69, 9.17) is 0 Å². The summed E-state index contributed by atoms with van der Waals surface area (Å²) >= 11 is 0. The Morgan fingerprint density at radius 1 is 1.14 bits per heavy atom. The molecule has 2 aromatic rings. The molecular formula is C12H13NO. The summed E-state index contributed by atoms with van der Waals surface area (Å²) in [6.07, 6.45) is 1.75. The molecule has 1 aromatic heterocycles. The average molecular weight is 187 g/mol. The number of nitrogens with one attached hydrogen (secondary N) is 1. The van der Waals surface area contributed by atoms with Crippen molar-refractivity contribution >= 4 is 10.8 Å². The van der Waals surface area contributed by atoms with E-state index in [0.29, 0.717) is 5.92 Å². The van der Waals surface area contributed by atoms with Crippen molar-refractivity contribution in [2.24, 2.45) is 0 Å². The molecule has 0 radical (unpaired) electrons. The van der Waals surface area contributed by atoms with Crippen LogP contribution in [0.25, 0.3) is 10.8 Å². The average Bonchev–Trinajstić information content (AvgIpc) is 2.16. The van der Waals surface area contributed by atoms with Crippen LogP contribution in [0, 0.1) is 0 Å². The first-order valence-corrected chi connectivity index (χ1v) is 4.79. The summed E-state index contributed by atoms with van der Waals surface area (Å²) in [7, 11) is 0. The van der Waals surface area contributed by atoms with E-state index >= 15 is 0 Å². The number of hydrogen-bond acceptors (Lipinski definition) is 1. The van der Waals surface area contributed by atoms with Crippen LogP contribution in [0.1, 0.15) is 25.3 Å². The maximum absolute atomic E-state index is 11.1. The minimum atomic E-state index is -0.0431.